The maximum absolute atomic E-state index is 11.5. The van der Waals surface area contributed by atoms with Gasteiger partial charge in [-0.25, -0.2) is 4.98 Å². The molecule has 1 aliphatic carbocycles. The molecule has 21 heavy (non-hydrogen) atoms. The molecule has 0 amide bonds. The van der Waals surface area contributed by atoms with Crippen LogP contribution in [0.5, 0.6) is 5.88 Å². The van der Waals surface area contributed by atoms with Gasteiger partial charge >= 0.3 is 5.97 Å². The van der Waals surface area contributed by atoms with E-state index >= 15 is 0 Å². The number of nitrogens with zero attached hydrogens (tertiary/aromatic N) is 2. The Morgan fingerprint density at radius 2 is 2.05 bits per heavy atom. The van der Waals surface area contributed by atoms with Crippen LogP contribution in [0.1, 0.15) is 39.5 Å². The minimum absolute atomic E-state index is 0.0320. The zero-order valence-corrected chi connectivity index (χ0v) is 12.8. The fraction of sp³-hybridized carbons (Fsp3) is 0.667. The van der Waals surface area contributed by atoms with Crippen LogP contribution in [0.3, 0.4) is 0 Å². The summed E-state index contributed by atoms with van der Waals surface area (Å²) < 4.78 is 10.4. The molecule has 6 nitrogen and oxygen atoms in total. The summed E-state index contributed by atoms with van der Waals surface area (Å²) in [5.41, 5.74) is 0. The first-order valence-corrected chi connectivity index (χ1v) is 7.42. The predicted octanol–water partition coefficient (Wildman–Crippen LogP) is 2.41. The Bertz CT molecular complexity index is 471. The van der Waals surface area contributed by atoms with Gasteiger partial charge in [0.1, 0.15) is 0 Å². The van der Waals surface area contributed by atoms with Gasteiger partial charge in [0.15, 0.2) is 0 Å². The van der Waals surface area contributed by atoms with Gasteiger partial charge in [0.2, 0.25) is 11.8 Å². The third-order valence-corrected chi connectivity index (χ3v) is 3.58. The van der Waals surface area contributed by atoms with Crippen molar-refractivity contribution in [3.8, 4) is 5.88 Å². The number of esters is 1. The van der Waals surface area contributed by atoms with Crippen molar-refractivity contribution in [1.82, 2.24) is 9.97 Å². The molecule has 1 saturated carbocycles. The second-order valence-corrected chi connectivity index (χ2v) is 5.60. The Balaban J connectivity index is 1.87. The normalized spacial score (nSPS) is 21.9. The highest BCUT2D eigenvalue weighted by molar-refractivity contribution is 5.72. The molecule has 0 spiro atoms. The number of hydrogen-bond donors (Lipinski definition) is 1. The second kappa shape index (κ2) is 7.24. The molecule has 0 bridgehead atoms. The molecule has 1 aromatic heterocycles. The fourth-order valence-electron chi connectivity index (χ4n) is 2.54. The molecule has 6 heteroatoms. The molecule has 0 atom stereocenters. The van der Waals surface area contributed by atoms with Gasteiger partial charge in [-0.1, -0.05) is 0 Å². The average Bonchev–Trinajstić information content (AvgIpc) is 2.47. The van der Waals surface area contributed by atoms with E-state index in [0.717, 1.165) is 25.7 Å². The van der Waals surface area contributed by atoms with Crippen molar-refractivity contribution in [3.63, 3.8) is 0 Å². The number of carbonyl (C=O) groups is 1. The monoisotopic (exact) mass is 293 g/mol. The zero-order valence-electron chi connectivity index (χ0n) is 12.8. The topological polar surface area (TPSA) is 73.3 Å². The minimum Gasteiger partial charge on any atom is -0.475 e. The molecule has 0 unspecified atom stereocenters. The van der Waals surface area contributed by atoms with Gasteiger partial charge in [0.25, 0.3) is 0 Å². The van der Waals surface area contributed by atoms with Crippen molar-refractivity contribution in [2.24, 2.45) is 5.92 Å². The fourth-order valence-corrected chi connectivity index (χ4v) is 2.54. The molecule has 1 heterocycles. The smallest absolute Gasteiger partial charge is 0.308 e. The summed E-state index contributed by atoms with van der Waals surface area (Å²) in [5.74, 6) is 1.09. The first-order chi connectivity index (χ1) is 10.1. The standard InChI is InChI=1S/C15H23N3O3/c1-10(2)21-13-8-9-16-15(18-13)17-12-6-4-11(5-7-12)14(19)20-3/h8-12H,4-7H2,1-3H3,(H,16,17,18). The second-order valence-electron chi connectivity index (χ2n) is 5.60. The maximum atomic E-state index is 11.5. The maximum Gasteiger partial charge on any atom is 0.308 e. The molecule has 2 rings (SSSR count). The van der Waals surface area contributed by atoms with Crippen LogP contribution >= 0.6 is 0 Å². The average molecular weight is 293 g/mol. The predicted molar refractivity (Wildman–Crippen MR) is 79.2 cm³/mol. The van der Waals surface area contributed by atoms with Gasteiger partial charge in [-0.05, 0) is 39.5 Å². The summed E-state index contributed by atoms with van der Waals surface area (Å²) in [4.78, 5) is 20.1. The highest BCUT2D eigenvalue weighted by atomic mass is 16.5. The van der Waals surface area contributed by atoms with Gasteiger partial charge in [-0.15, -0.1) is 0 Å². The quantitative estimate of drug-likeness (QED) is 0.840. The van der Waals surface area contributed by atoms with E-state index in [1.165, 1.54) is 7.11 Å². The van der Waals surface area contributed by atoms with Crippen molar-refractivity contribution < 1.29 is 14.3 Å². The first kappa shape index (κ1) is 15.5. The van der Waals surface area contributed by atoms with Crippen molar-refractivity contribution in [1.29, 1.82) is 0 Å². The van der Waals surface area contributed by atoms with Gasteiger partial charge in [0, 0.05) is 18.3 Å². The Labute approximate surface area is 125 Å². The van der Waals surface area contributed by atoms with Gasteiger partial charge in [-0.3, -0.25) is 4.79 Å². The molecule has 1 aromatic rings. The molecule has 0 radical (unpaired) electrons. The Morgan fingerprint density at radius 3 is 2.67 bits per heavy atom. The van der Waals surface area contributed by atoms with E-state index in [-0.39, 0.29) is 18.0 Å². The van der Waals surface area contributed by atoms with Crippen LogP contribution in [0.15, 0.2) is 12.3 Å². The third-order valence-electron chi connectivity index (χ3n) is 3.58. The number of hydrogen-bond acceptors (Lipinski definition) is 6. The van der Waals surface area contributed by atoms with Gasteiger partial charge in [0.05, 0.1) is 19.1 Å². The highest BCUT2D eigenvalue weighted by Crippen LogP contribution is 2.27. The van der Waals surface area contributed by atoms with Crippen LogP contribution < -0.4 is 10.1 Å². The van der Waals surface area contributed by atoms with Crippen LogP contribution in [-0.2, 0) is 9.53 Å². The van der Waals surface area contributed by atoms with Gasteiger partial charge in [-0.2, -0.15) is 4.98 Å². The molecule has 0 saturated heterocycles. The largest absolute Gasteiger partial charge is 0.475 e. The lowest BCUT2D eigenvalue weighted by atomic mass is 9.86. The summed E-state index contributed by atoms with van der Waals surface area (Å²) in [6, 6.07) is 2.04. The molecule has 1 fully saturated rings. The summed E-state index contributed by atoms with van der Waals surface area (Å²) in [5, 5.41) is 3.32. The molecule has 0 aliphatic heterocycles. The van der Waals surface area contributed by atoms with Crippen molar-refractivity contribution in [2.75, 3.05) is 12.4 Å². The van der Waals surface area contributed by atoms with Crippen LogP contribution in [-0.4, -0.2) is 35.2 Å². The van der Waals surface area contributed by atoms with Crippen molar-refractivity contribution >= 4 is 11.9 Å². The summed E-state index contributed by atoms with van der Waals surface area (Å²) in [7, 11) is 1.45. The van der Waals surface area contributed by atoms with E-state index in [1.54, 1.807) is 12.3 Å². The van der Waals surface area contributed by atoms with E-state index in [1.807, 2.05) is 13.8 Å². The molecule has 0 aromatic carbocycles. The summed E-state index contributed by atoms with van der Waals surface area (Å²) >= 11 is 0. The first-order valence-electron chi connectivity index (χ1n) is 7.42. The molecule has 1 N–H and O–H groups in total. The number of carbonyl (C=O) groups excluding carboxylic acids is 1. The highest BCUT2D eigenvalue weighted by Gasteiger charge is 2.27. The lowest BCUT2D eigenvalue weighted by Crippen LogP contribution is -2.30. The lowest BCUT2D eigenvalue weighted by molar-refractivity contribution is -0.146. The number of aromatic nitrogens is 2. The van der Waals surface area contributed by atoms with Gasteiger partial charge < -0.3 is 14.8 Å². The molecular formula is C15H23N3O3. The number of rotatable bonds is 5. The summed E-state index contributed by atoms with van der Waals surface area (Å²) in [6.07, 6.45) is 5.28. The van der Waals surface area contributed by atoms with E-state index in [9.17, 15) is 4.79 Å². The van der Waals surface area contributed by atoms with E-state index in [2.05, 4.69) is 15.3 Å². The SMILES string of the molecule is COC(=O)C1CCC(Nc2nccc(OC(C)C)n2)CC1. The van der Waals surface area contributed by atoms with Crippen LogP contribution in [0, 0.1) is 5.92 Å². The number of methoxy groups -OCH3 is 1. The molecule has 1 aliphatic rings. The Hall–Kier alpha value is -1.85. The summed E-state index contributed by atoms with van der Waals surface area (Å²) in [6.45, 7) is 3.92. The van der Waals surface area contributed by atoms with E-state index in [0.29, 0.717) is 17.9 Å². The minimum atomic E-state index is -0.1000. The molecular weight excluding hydrogens is 270 g/mol. The third kappa shape index (κ3) is 4.58. The van der Waals surface area contributed by atoms with Crippen molar-refractivity contribution in [3.05, 3.63) is 12.3 Å². The van der Waals surface area contributed by atoms with E-state index in [4.69, 9.17) is 9.47 Å². The van der Waals surface area contributed by atoms with Crippen LogP contribution in [0.4, 0.5) is 5.95 Å². The van der Waals surface area contributed by atoms with E-state index < -0.39 is 0 Å². The lowest BCUT2D eigenvalue weighted by Gasteiger charge is -2.27. The number of ether oxygens (including phenoxy) is 2. The Kier molecular flexibility index (Phi) is 5.36. The molecule has 116 valence electrons. The van der Waals surface area contributed by atoms with Crippen molar-refractivity contribution in [2.45, 2.75) is 51.7 Å². The zero-order chi connectivity index (χ0) is 15.2. The van der Waals surface area contributed by atoms with Crippen LogP contribution in [0.25, 0.3) is 0 Å². The Morgan fingerprint density at radius 1 is 1.33 bits per heavy atom. The number of anilines is 1. The number of nitrogens with one attached hydrogen (secondary N) is 1. The van der Waals surface area contributed by atoms with Crippen LogP contribution in [0.2, 0.25) is 0 Å².